The molecular weight excluding hydrogens is 100 g/mol. The smallest absolute Gasteiger partial charge is 0.0473 e. The van der Waals surface area contributed by atoms with Crippen molar-refractivity contribution in [3.05, 3.63) is 0 Å². The van der Waals surface area contributed by atoms with E-state index in [-0.39, 0.29) is 0 Å². The zero-order chi connectivity index (χ0) is 6.41. The standard InChI is InChI=1S/C7H12O/c1-4-7(2)5-6-8-3/h1,7H,5-6H2,2-3H3. The maximum Gasteiger partial charge on any atom is 0.0473 e. The number of rotatable bonds is 3. The van der Waals surface area contributed by atoms with E-state index in [0.717, 1.165) is 13.0 Å². The fraction of sp³-hybridized carbons (Fsp3) is 0.714. The van der Waals surface area contributed by atoms with E-state index in [1.165, 1.54) is 0 Å². The van der Waals surface area contributed by atoms with Gasteiger partial charge >= 0.3 is 0 Å². The monoisotopic (exact) mass is 112 g/mol. The molecule has 1 atom stereocenters. The Labute approximate surface area is 51.0 Å². The van der Waals surface area contributed by atoms with Crippen LogP contribution in [-0.2, 0) is 4.74 Å². The first-order valence-electron chi connectivity index (χ1n) is 2.76. The summed E-state index contributed by atoms with van der Waals surface area (Å²) in [5.41, 5.74) is 0. The summed E-state index contributed by atoms with van der Waals surface area (Å²) in [6.07, 6.45) is 6.07. The summed E-state index contributed by atoms with van der Waals surface area (Å²) in [4.78, 5) is 0. The number of hydrogen-bond acceptors (Lipinski definition) is 1. The third-order valence-electron chi connectivity index (χ3n) is 1.04. The molecular formula is C7H12O. The second-order valence-electron chi connectivity index (χ2n) is 1.85. The summed E-state index contributed by atoms with van der Waals surface area (Å²) in [5.74, 6) is 2.98. The highest BCUT2D eigenvalue weighted by atomic mass is 16.5. The molecule has 0 saturated carbocycles. The number of hydrogen-bond donors (Lipinski definition) is 0. The zero-order valence-electron chi connectivity index (χ0n) is 5.48. The van der Waals surface area contributed by atoms with Crippen LogP contribution in [0.4, 0.5) is 0 Å². The van der Waals surface area contributed by atoms with E-state index in [9.17, 15) is 0 Å². The van der Waals surface area contributed by atoms with Crippen molar-refractivity contribution in [1.29, 1.82) is 0 Å². The molecule has 0 aliphatic carbocycles. The van der Waals surface area contributed by atoms with Gasteiger partial charge in [0.25, 0.3) is 0 Å². The van der Waals surface area contributed by atoms with E-state index in [1.54, 1.807) is 7.11 Å². The first-order chi connectivity index (χ1) is 3.81. The van der Waals surface area contributed by atoms with Crippen LogP contribution in [-0.4, -0.2) is 13.7 Å². The molecule has 0 bridgehead atoms. The molecule has 8 heavy (non-hydrogen) atoms. The second-order valence-corrected chi connectivity index (χ2v) is 1.85. The molecule has 0 fully saturated rings. The molecule has 0 aliphatic heterocycles. The normalized spacial score (nSPS) is 12.6. The lowest BCUT2D eigenvalue weighted by Crippen LogP contribution is -1.95. The van der Waals surface area contributed by atoms with Gasteiger partial charge in [0.2, 0.25) is 0 Å². The van der Waals surface area contributed by atoms with Crippen molar-refractivity contribution in [2.45, 2.75) is 13.3 Å². The molecule has 0 amide bonds. The number of terminal acetylenes is 1. The average Bonchev–Trinajstić information content (AvgIpc) is 1.83. The maximum atomic E-state index is 5.11. The molecule has 0 aliphatic rings. The van der Waals surface area contributed by atoms with Crippen LogP contribution < -0.4 is 0 Å². The second kappa shape index (κ2) is 4.67. The topological polar surface area (TPSA) is 9.23 Å². The Kier molecular flexibility index (Phi) is 4.39. The Balaban J connectivity index is 3.02. The first-order valence-corrected chi connectivity index (χ1v) is 2.76. The fourth-order valence-electron chi connectivity index (χ4n) is 0.378. The Morgan fingerprint density at radius 1 is 1.75 bits per heavy atom. The van der Waals surface area contributed by atoms with E-state index in [0.29, 0.717) is 5.92 Å². The molecule has 1 unspecified atom stereocenters. The van der Waals surface area contributed by atoms with Crippen LogP contribution in [0.5, 0.6) is 0 Å². The van der Waals surface area contributed by atoms with Gasteiger partial charge in [0, 0.05) is 19.6 Å². The summed E-state index contributed by atoms with van der Waals surface area (Å²) in [6, 6.07) is 0. The summed E-state index contributed by atoms with van der Waals surface area (Å²) >= 11 is 0. The quantitative estimate of drug-likeness (QED) is 0.500. The Morgan fingerprint density at radius 2 is 2.38 bits per heavy atom. The molecule has 0 aromatic heterocycles. The minimum atomic E-state index is 0.356. The van der Waals surface area contributed by atoms with Gasteiger partial charge in [0.15, 0.2) is 0 Å². The molecule has 0 rings (SSSR count). The highest BCUT2D eigenvalue weighted by molar-refractivity contribution is 4.89. The number of ether oxygens (including phenoxy) is 1. The molecule has 0 spiro atoms. The largest absolute Gasteiger partial charge is 0.385 e. The number of methoxy groups -OCH3 is 1. The van der Waals surface area contributed by atoms with Crippen molar-refractivity contribution in [3.8, 4) is 12.3 Å². The van der Waals surface area contributed by atoms with Gasteiger partial charge in [0.05, 0.1) is 0 Å². The molecule has 0 saturated heterocycles. The van der Waals surface area contributed by atoms with Crippen molar-refractivity contribution in [2.24, 2.45) is 5.92 Å². The third-order valence-corrected chi connectivity index (χ3v) is 1.04. The Morgan fingerprint density at radius 3 is 2.75 bits per heavy atom. The minimum Gasteiger partial charge on any atom is -0.385 e. The van der Waals surface area contributed by atoms with Crippen molar-refractivity contribution in [2.75, 3.05) is 13.7 Å². The van der Waals surface area contributed by atoms with E-state index >= 15 is 0 Å². The van der Waals surface area contributed by atoms with E-state index in [1.807, 2.05) is 6.92 Å². The Hall–Kier alpha value is -0.480. The van der Waals surface area contributed by atoms with Crippen LogP contribution in [0.25, 0.3) is 0 Å². The lowest BCUT2D eigenvalue weighted by Gasteiger charge is -1.99. The van der Waals surface area contributed by atoms with Gasteiger partial charge in [-0.05, 0) is 6.42 Å². The van der Waals surface area contributed by atoms with Gasteiger partial charge in [-0.15, -0.1) is 12.3 Å². The van der Waals surface area contributed by atoms with Gasteiger partial charge < -0.3 is 4.74 Å². The molecule has 0 aromatic rings. The maximum absolute atomic E-state index is 5.11. The van der Waals surface area contributed by atoms with Crippen LogP contribution in [0.2, 0.25) is 0 Å². The first kappa shape index (κ1) is 7.52. The lowest BCUT2D eigenvalue weighted by molar-refractivity contribution is 0.187. The van der Waals surface area contributed by atoms with Crippen molar-refractivity contribution in [3.63, 3.8) is 0 Å². The Bertz CT molecular complexity index is 80.9. The molecule has 46 valence electrons. The summed E-state index contributed by atoms with van der Waals surface area (Å²) in [6.45, 7) is 2.78. The van der Waals surface area contributed by atoms with Crippen LogP contribution in [0.3, 0.4) is 0 Å². The van der Waals surface area contributed by atoms with Crippen molar-refractivity contribution < 1.29 is 4.74 Å². The van der Waals surface area contributed by atoms with Crippen LogP contribution in [0.1, 0.15) is 13.3 Å². The van der Waals surface area contributed by atoms with E-state index < -0.39 is 0 Å². The predicted octanol–water partition coefficient (Wildman–Crippen LogP) is 1.29. The molecule has 1 nitrogen and oxygen atoms in total. The highest BCUT2D eigenvalue weighted by Crippen LogP contribution is 1.97. The third kappa shape index (κ3) is 3.70. The van der Waals surface area contributed by atoms with Crippen LogP contribution in [0, 0.1) is 18.3 Å². The zero-order valence-corrected chi connectivity index (χ0v) is 5.48. The lowest BCUT2D eigenvalue weighted by atomic mass is 10.1. The summed E-state index contributed by atoms with van der Waals surface area (Å²) < 4.78 is 4.82. The molecule has 0 heterocycles. The van der Waals surface area contributed by atoms with E-state index in [4.69, 9.17) is 11.2 Å². The van der Waals surface area contributed by atoms with Gasteiger partial charge in [-0.1, -0.05) is 6.92 Å². The van der Waals surface area contributed by atoms with Crippen molar-refractivity contribution >= 4 is 0 Å². The fourth-order valence-corrected chi connectivity index (χ4v) is 0.378. The van der Waals surface area contributed by atoms with Gasteiger partial charge in [-0.2, -0.15) is 0 Å². The summed E-state index contributed by atoms with van der Waals surface area (Å²) in [7, 11) is 1.68. The predicted molar refractivity (Wildman–Crippen MR) is 34.5 cm³/mol. The van der Waals surface area contributed by atoms with Gasteiger partial charge in [0.1, 0.15) is 0 Å². The molecule has 1 heteroatoms. The van der Waals surface area contributed by atoms with Crippen LogP contribution in [0.15, 0.2) is 0 Å². The molecule has 0 aromatic carbocycles. The molecule has 0 N–H and O–H groups in total. The SMILES string of the molecule is C#CC(C)CCOC. The minimum absolute atomic E-state index is 0.356. The van der Waals surface area contributed by atoms with E-state index in [2.05, 4.69) is 5.92 Å². The summed E-state index contributed by atoms with van der Waals surface area (Å²) in [5, 5.41) is 0. The van der Waals surface area contributed by atoms with Crippen molar-refractivity contribution in [1.82, 2.24) is 0 Å². The van der Waals surface area contributed by atoms with Gasteiger partial charge in [-0.25, -0.2) is 0 Å². The average molecular weight is 112 g/mol. The van der Waals surface area contributed by atoms with Gasteiger partial charge in [-0.3, -0.25) is 0 Å². The highest BCUT2D eigenvalue weighted by Gasteiger charge is 1.92. The van der Waals surface area contributed by atoms with Crippen LogP contribution >= 0.6 is 0 Å². The molecule has 0 radical (unpaired) electrons.